The predicted octanol–water partition coefficient (Wildman–Crippen LogP) is 2.77. The summed E-state index contributed by atoms with van der Waals surface area (Å²) in [5.74, 6) is 0.221. The summed E-state index contributed by atoms with van der Waals surface area (Å²) in [6.07, 6.45) is 0. The molecule has 0 unspecified atom stereocenters. The van der Waals surface area contributed by atoms with Crippen molar-refractivity contribution in [2.75, 3.05) is 5.32 Å². The van der Waals surface area contributed by atoms with Gasteiger partial charge in [0.2, 0.25) is 11.0 Å². The summed E-state index contributed by atoms with van der Waals surface area (Å²) in [6.45, 7) is -0.219. The van der Waals surface area contributed by atoms with E-state index < -0.39 is 5.91 Å². The second kappa shape index (κ2) is 8.41. The zero-order valence-electron chi connectivity index (χ0n) is 15.1. The van der Waals surface area contributed by atoms with Gasteiger partial charge < -0.3 is 11.1 Å². The Morgan fingerprint density at radius 1 is 1.10 bits per heavy atom. The van der Waals surface area contributed by atoms with Crippen LogP contribution in [0.1, 0.15) is 5.82 Å². The lowest BCUT2D eigenvalue weighted by Crippen LogP contribution is -2.31. The highest BCUT2D eigenvalue weighted by Gasteiger charge is 2.14. The van der Waals surface area contributed by atoms with Crippen LogP contribution in [0.3, 0.4) is 0 Å². The van der Waals surface area contributed by atoms with E-state index in [0.717, 1.165) is 10.0 Å². The molecule has 4 aromatic rings. The number of fused-ring (bicyclic) bond motifs is 1. The molecule has 3 N–H and O–H groups in total. The minimum absolute atomic E-state index is 0.219. The topological polar surface area (TPSA) is 116 Å². The van der Waals surface area contributed by atoms with Gasteiger partial charge in [-0.25, -0.2) is 4.98 Å². The molecule has 0 aliphatic carbocycles. The van der Waals surface area contributed by atoms with Gasteiger partial charge >= 0.3 is 0 Å². The van der Waals surface area contributed by atoms with Gasteiger partial charge in [0, 0.05) is 5.69 Å². The van der Waals surface area contributed by atoms with E-state index in [0.29, 0.717) is 27.6 Å². The highest BCUT2D eigenvalue weighted by molar-refractivity contribution is 8.00. The molecule has 29 heavy (non-hydrogen) atoms. The first-order valence-electron chi connectivity index (χ1n) is 8.65. The number of amides is 1. The molecule has 0 bridgehead atoms. The Labute approximate surface area is 173 Å². The van der Waals surface area contributed by atoms with Crippen molar-refractivity contribution in [3.05, 3.63) is 70.8 Å². The first-order valence-corrected chi connectivity index (χ1v) is 10.5. The van der Waals surface area contributed by atoms with Crippen LogP contribution in [0.5, 0.6) is 0 Å². The molecule has 0 aliphatic heterocycles. The van der Waals surface area contributed by atoms with E-state index in [1.165, 1.54) is 27.7 Å². The predicted molar refractivity (Wildman–Crippen MR) is 114 cm³/mol. The zero-order valence-corrected chi connectivity index (χ0v) is 16.7. The SMILES string of the molecule is NC(=O)Cn1c(CSc2nnc(Nc3ccccc3)s2)nc2ccccc2c1=O. The highest BCUT2D eigenvalue weighted by atomic mass is 32.2. The average Bonchev–Trinajstić information content (AvgIpc) is 3.16. The van der Waals surface area contributed by atoms with Gasteiger partial charge in [-0.15, -0.1) is 10.2 Å². The zero-order chi connectivity index (χ0) is 20.2. The summed E-state index contributed by atoms with van der Waals surface area (Å²) >= 11 is 2.79. The Kier molecular flexibility index (Phi) is 5.54. The van der Waals surface area contributed by atoms with Crippen molar-refractivity contribution in [3.8, 4) is 0 Å². The standard InChI is InChI=1S/C19H16N6O2S2/c20-15(26)10-25-16(22-14-9-5-4-8-13(14)17(25)27)11-28-19-24-23-18(29-19)21-12-6-2-1-3-7-12/h1-9H,10-11H2,(H2,20,26)(H,21,23). The van der Waals surface area contributed by atoms with Crippen LogP contribution in [0.15, 0.2) is 63.7 Å². The lowest BCUT2D eigenvalue weighted by atomic mass is 10.2. The molecule has 1 amide bonds. The first kappa shape index (κ1) is 19.1. The summed E-state index contributed by atoms with van der Waals surface area (Å²) in [7, 11) is 0. The number of para-hydroxylation sites is 2. The molecule has 0 aliphatic rings. The van der Waals surface area contributed by atoms with Gasteiger partial charge in [0.05, 0.1) is 16.7 Å². The highest BCUT2D eigenvalue weighted by Crippen LogP contribution is 2.29. The molecule has 2 aromatic carbocycles. The van der Waals surface area contributed by atoms with Crippen LogP contribution in [0.2, 0.25) is 0 Å². The smallest absolute Gasteiger partial charge is 0.261 e. The van der Waals surface area contributed by atoms with Gasteiger partial charge in [0.15, 0.2) is 4.34 Å². The molecule has 10 heteroatoms. The van der Waals surface area contributed by atoms with E-state index >= 15 is 0 Å². The van der Waals surface area contributed by atoms with E-state index in [2.05, 4.69) is 20.5 Å². The van der Waals surface area contributed by atoms with Crippen molar-refractivity contribution in [1.29, 1.82) is 0 Å². The van der Waals surface area contributed by atoms with Crippen LogP contribution in [0.4, 0.5) is 10.8 Å². The van der Waals surface area contributed by atoms with E-state index in [-0.39, 0.29) is 12.1 Å². The molecule has 0 saturated heterocycles. The molecule has 0 saturated carbocycles. The third-order valence-corrected chi connectivity index (χ3v) is 5.98. The summed E-state index contributed by atoms with van der Waals surface area (Å²) in [6, 6.07) is 16.7. The van der Waals surface area contributed by atoms with Gasteiger partial charge in [-0.3, -0.25) is 14.2 Å². The second-order valence-corrected chi connectivity index (χ2v) is 8.26. The fourth-order valence-electron chi connectivity index (χ4n) is 2.73. The Balaban J connectivity index is 1.56. The minimum atomic E-state index is -0.597. The fraction of sp³-hybridized carbons (Fsp3) is 0.105. The van der Waals surface area contributed by atoms with Crippen molar-refractivity contribution in [2.24, 2.45) is 5.73 Å². The van der Waals surface area contributed by atoms with Crippen LogP contribution in [-0.2, 0) is 17.1 Å². The van der Waals surface area contributed by atoms with E-state index in [4.69, 9.17) is 5.73 Å². The maximum Gasteiger partial charge on any atom is 0.261 e. The Morgan fingerprint density at radius 3 is 2.66 bits per heavy atom. The van der Waals surface area contributed by atoms with Gasteiger partial charge in [-0.1, -0.05) is 53.4 Å². The molecule has 0 spiro atoms. The number of anilines is 2. The minimum Gasteiger partial charge on any atom is -0.368 e. The maximum atomic E-state index is 12.8. The van der Waals surface area contributed by atoms with Crippen molar-refractivity contribution < 1.29 is 4.79 Å². The quantitative estimate of drug-likeness (QED) is 0.438. The van der Waals surface area contributed by atoms with Crippen LogP contribution in [0, 0.1) is 0 Å². The van der Waals surface area contributed by atoms with Crippen LogP contribution in [-0.4, -0.2) is 25.7 Å². The van der Waals surface area contributed by atoms with Crippen molar-refractivity contribution in [2.45, 2.75) is 16.6 Å². The number of nitrogens with zero attached hydrogens (tertiary/aromatic N) is 4. The summed E-state index contributed by atoms with van der Waals surface area (Å²) in [5.41, 5.74) is 6.55. The number of carbonyl (C=O) groups excluding carboxylic acids is 1. The number of nitrogens with one attached hydrogen (secondary N) is 1. The van der Waals surface area contributed by atoms with Gasteiger partial charge in [0.1, 0.15) is 12.4 Å². The molecule has 0 atom stereocenters. The van der Waals surface area contributed by atoms with Crippen LogP contribution >= 0.6 is 23.1 Å². The van der Waals surface area contributed by atoms with Gasteiger partial charge in [-0.2, -0.15) is 0 Å². The largest absolute Gasteiger partial charge is 0.368 e. The number of carbonyl (C=O) groups is 1. The number of benzene rings is 2. The molecular formula is C19H16N6O2S2. The van der Waals surface area contributed by atoms with Crippen molar-refractivity contribution >= 4 is 50.7 Å². The van der Waals surface area contributed by atoms with Crippen LogP contribution < -0.4 is 16.6 Å². The Morgan fingerprint density at radius 2 is 1.86 bits per heavy atom. The second-order valence-electron chi connectivity index (χ2n) is 6.06. The lowest BCUT2D eigenvalue weighted by molar-refractivity contribution is -0.118. The number of thioether (sulfide) groups is 1. The molecule has 4 rings (SSSR count). The Bertz CT molecular complexity index is 1220. The molecule has 2 heterocycles. The maximum absolute atomic E-state index is 12.8. The molecule has 8 nitrogen and oxygen atoms in total. The molecule has 2 aromatic heterocycles. The summed E-state index contributed by atoms with van der Waals surface area (Å²) < 4.78 is 2.04. The average molecular weight is 425 g/mol. The van der Waals surface area contributed by atoms with Gasteiger partial charge in [-0.05, 0) is 24.3 Å². The molecule has 0 radical (unpaired) electrons. The third kappa shape index (κ3) is 4.44. The van der Waals surface area contributed by atoms with Crippen molar-refractivity contribution in [1.82, 2.24) is 19.7 Å². The number of hydrogen-bond donors (Lipinski definition) is 2. The van der Waals surface area contributed by atoms with E-state index in [1.54, 1.807) is 18.2 Å². The molecule has 146 valence electrons. The van der Waals surface area contributed by atoms with Crippen molar-refractivity contribution in [3.63, 3.8) is 0 Å². The normalized spacial score (nSPS) is 10.9. The Hall–Kier alpha value is -3.24. The third-order valence-electron chi connectivity index (χ3n) is 4.01. The molecule has 0 fully saturated rings. The number of aromatic nitrogens is 4. The summed E-state index contributed by atoms with van der Waals surface area (Å²) in [4.78, 5) is 28.8. The number of nitrogens with two attached hydrogens (primary N) is 1. The number of rotatable bonds is 7. The number of primary amides is 1. The summed E-state index contributed by atoms with van der Waals surface area (Å²) in [5, 5.41) is 12.6. The lowest BCUT2D eigenvalue weighted by Gasteiger charge is -2.11. The van der Waals surface area contributed by atoms with Gasteiger partial charge in [0.25, 0.3) is 5.56 Å². The van der Waals surface area contributed by atoms with Crippen LogP contribution in [0.25, 0.3) is 10.9 Å². The fourth-order valence-corrected chi connectivity index (χ4v) is 4.45. The molecular weight excluding hydrogens is 408 g/mol. The number of hydrogen-bond acceptors (Lipinski definition) is 8. The monoisotopic (exact) mass is 424 g/mol. The first-order chi connectivity index (χ1) is 14.1. The van der Waals surface area contributed by atoms with E-state index in [1.807, 2.05) is 36.4 Å². The van der Waals surface area contributed by atoms with E-state index in [9.17, 15) is 9.59 Å².